The van der Waals surface area contributed by atoms with Crippen molar-refractivity contribution in [3.8, 4) is 17.1 Å². The minimum atomic E-state index is -0.126. The van der Waals surface area contributed by atoms with Crippen LogP contribution in [0.15, 0.2) is 71.1 Å². The molecule has 0 atom stereocenters. The lowest BCUT2D eigenvalue weighted by Crippen LogP contribution is -2.25. The lowest BCUT2D eigenvalue weighted by molar-refractivity contribution is 0.104. The number of para-hydroxylation sites is 1. The number of hydrogen-bond donors (Lipinski definition) is 0. The fourth-order valence-electron chi connectivity index (χ4n) is 3.98. The summed E-state index contributed by atoms with van der Waals surface area (Å²) in [4.78, 5) is 16.0. The molecule has 4 aromatic rings. The fraction of sp³-hybridized carbons (Fsp3) is 0.250. The van der Waals surface area contributed by atoms with Crippen molar-refractivity contribution in [1.29, 1.82) is 0 Å². The Morgan fingerprint density at radius 3 is 2.38 bits per heavy atom. The molecule has 6 heteroatoms. The number of ether oxygens (including phenoxy) is 1. The Kier molecular flexibility index (Phi) is 7.94. The number of nitrogens with zero attached hydrogens (tertiary/aromatic N) is 1. The third kappa shape index (κ3) is 5.30. The Hall–Kier alpha value is -2.79. The number of carbonyl (C=O) groups is 1. The number of fused-ring (bicyclic) bond motifs is 1. The molecule has 1 heterocycles. The van der Waals surface area contributed by atoms with Crippen molar-refractivity contribution in [2.75, 3.05) is 26.2 Å². The summed E-state index contributed by atoms with van der Waals surface area (Å²) < 4.78 is 12.0. The molecule has 0 amide bonds. The van der Waals surface area contributed by atoms with Crippen molar-refractivity contribution >= 4 is 40.0 Å². The molecule has 0 saturated heterocycles. The Bertz CT molecular complexity index is 1280. The van der Waals surface area contributed by atoms with Crippen LogP contribution in [0, 0.1) is 0 Å². The number of carbonyl (C=O) groups excluding carboxylic acids is 1. The minimum absolute atomic E-state index is 0.126. The normalized spacial score (nSPS) is 11.3. The maximum absolute atomic E-state index is 13.6. The zero-order valence-corrected chi connectivity index (χ0v) is 20.8. The van der Waals surface area contributed by atoms with E-state index in [9.17, 15) is 4.79 Å². The molecular formula is C28H27Cl2NO3. The molecule has 176 valence electrons. The van der Waals surface area contributed by atoms with Crippen LogP contribution in [0.4, 0.5) is 0 Å². The first-order valence-corrected chi connectivity index (χ1v) is 12.2. The van der Waals surface area contributed by atoms with Crippen molar-refractivity contribution in [3.05, 3.63) is 87.9 Å². The molecule has 0 aliphatic rings. The highest BCUT2D eigenvalue weighted by molar-refractivity contribution is 6.42. The standard InChI is InChI=1S/C28H27Cl2NO3/c1-3-31(4-2)16-7-17-33-21-13-10-19(11-14-21)27(32)26-22-8-5-6-9-25(22)34-28(26)20-12-15-23(29)24(30)18-20/h5-6,8-15,18H,3-4,7,16-17H2,1-2H3. The van der Waals surface area contributed by atoms with E-state index < -0.39 is 0 Å². The quantitative estimate of drug-likeness (QED) is 0.166. The summed E-state index contributed by atoms with van der Waals surface area (Å²) in [7, 11) is 0. The van der Waals surface area contributed by atoms with E-state index in [4.69, 9.17) is 32.4 Å². The molecule has 0 N–H and O–H groups in total. The first-order chi connectivity index (χ1) is 16.5. The molecule has 1 aromatic heterocycles. The van der Waals surface area contributed by atoms with Crippen molar-refractivity contribution in [2.24, 2.45) is 0 Å². The molecule has 0 aliphatic heterocycles. The maximum Gasteiger partial charge on any atom is 0.197 e. The summed E-state index contributed by atoms with van der Waals surface area (Å²) in [6.07, 6.45) is 0.955. The smallest absolute Gasteiger partial charge is 0.197 e. The van der Waals surface area contributed by atoms with Gasteiger partial charge in [-0.1, -0.05) is 55.2 Å². The second-order valence-electron chi connectivity index (χ2n) is 8.01. The van der Waals surface area contributed by atoms with Crippen LogP contribution < -0.4 is 4.74 Å². The first-order valence-electron chi connectivity index (χ1n) is 11.5. The van der Waals surface area contributed by atoms with E-state index in [0.717, 1.165) is 37.2 Å². The molecule has 4 nitrogen and oxygen atoms in total. The topological polar surface area (TPSA) is 42.7 Å². The van der Waals surface area contributed by atoms with E-state index in [0.29, 0.717) is 44.7 Å². The summed E-state index contributed by atoms with van der Waals surface area (Å²) >= 11 is 12.3. The fourth-order valence-corrected chi connectivity index (χ4v) is 4.27. The average molecular weight is 496 g/mol. The van der Waals surface area contributed by atoms with Gasteiger partial charge in [0.15, 0.2) is 5.78 Å². The van der Waals surface area contributed by atoms with Gasteiger partial charge < -0.3 is 14.1 Å². The van der Waals surface area contributed by atoms with Crippen molar-refractivity contribution < 1.29 is 13.9 Å². The monoisotopic (exact) mass is 495 g/mol. The maximum atomic E-state index is 13.6. The van der Waals surface area contributed by atoms with Crippen LogP contribution in [0.3, 0.4) is 0 Å². The molecule has 3 aromatic carbocycles. The van der Waals surface area contributed by atoms with Gasteiger partial charge in [-0.2, -0.15) is 0 Å². The summed E-state index contributed by atoms with van der Waals surface area (Å²) in [5.74, 6) is 1.10. The lowest BCUT2D eigenvalue weighted by Gasteiger charge is -2.17. The predicted molar refractivity (Wildman–Crippen MR) is 139 cm³/mol. The van der Waals surface area contributed by atoms with Gasteiger partial charge in [0.2, 0.25) is 0 Å². The molecule has 0 radical (unpaired) electrons. The Balaban J connectivity index is 1.57. The van der Waals surface area contributed by atoms with Crippen LogP contribution in [-0.4, -0.2) is 36.9 Å². The second kappa shape index (κ2) is 11.1. The third-order valence-electron chi connectivity index (χ3n) is 5.90. The van der Waals surface area contributed by atoms with E-state index in [1.807, 2.05) is 36.4 Å². The lowest BCUT2D eigenvalue weighted by atomic mass is 9.97. The van der Waals surface area contributed by atoms with E-state index >= 15 is 0 Å². The molecule has 0 spiro atoms. The summed E-state index contributed by atoms with van der Waals surface area (Å²) in [6, 6.07) is 20.0. The minimum Gasteiger partial charge on any atom is -0.494 e. The number of furan rings is 1. The number of benzene rings is 3. The average Bonchev–Trinajstić information content (AvgIpc) is 3.25. The van der Waals surface area contributed by atoms with Gasteiger partial charge in [-0.15, -0.1) is 0 Å². The van der Waals surface area contributed by atoms with Gasteiger partial charge in [-0.05, 0) is 68.0 Å². The zero-order valence-electron chi connectivity index (χ0n) is 19.3. The van der Waals surface area contributed by atoms with Crippen LogP contribution in [0.25, 0.3) is 22.3 Å². The van der Waals surface area contributed by atoms with Gasteiger partial charge in [0.1, 0.15) is 17.1 Å². The van der Waals surface area contributed by atoms with Gasteiger partial charge in [0.05, 0.1) is 22.2 Å². The van der Waals surface area contributed by atoms with Crippen LogP contribution in [0.1, 0.15) is 36.2 Å². The molecule has 34 heavy (non-hydrogen) atoms. The van der Waals surface area contributed by atoms with Crippen molar-refractivity contribution in [1.82, 2.24) is 4.90 Å². The molecular weight excluding hydrogens is 469 g/mol. The van der Waals surface area contributed by atoms with E-state index in [1.165, 1.54) is 0 Å². The highest BCUT2D eigenvalue weighted by atomic mass is 35.5. The molecule has 4 rings (SSSR count). The van der Waals surface area contributed by atoms with Crippen molar-refractivity contribution in [2.45, 2.75) is 20.3 Å². The van der Waals surface area contributed by atoms with E-state index in [1.54, 1.807) is 30.3 Å². The molecule has 0 fully saturated rings. The second-order valence-corrected chi connectivity index (χ2v) is 8.83. The van der Waals surface area contributed by atoms with Gasteiger partial charge in [-0.3, -0.25) is 4.79 Å². The van der Waals surface area contributed by atoms with E-state index in [-0.39, 0.29) is 5.78 Å². The first kappa shape index (κ1) is 24.3. The summed E-state index contributed by atoms with van der Waals surface area (Å²) in [5.41, 5.74) is 2.40. The number of ketones is 1. The van der Waals surface area contributed by atoms with Gasteiger partial charge in [0, 0.05) is 23.1 Å². The summed E-state index contributed by atoms with van der Waals surface area (Å²) in [6.45, 7) is 8.05. The molecule has 0 bridgehead atoms. The van der Waals surface area contributed by atoms with Crippen LogP contribution in [-0.2, 0) is 0 Å². The zero-order chi connectivity index (χ0) is 24.1. The van der Waals surface area contributed by atoms with Crippen LogP contribution >= 0.6 is 23.2 Å². The largest absolute Gasteiger partial charge is 0.494 e. The van der Waals surface area contributed by atoms with Gasteiger partial charge in [-0.25, -0.2) is 0 Å². The Morgan fingerprint density at radius 1 is 0.941 bits per heavy atom. The predicted octanol–water partition coefficient (Wildman–Crippen LogP) is 7.75. The Morgan fingerprint density at radius 2 is 1.68 bits per heavy atom. The van der Waals surface area contributed by atoms with Crippen LogP contribution in [0.5, 0.6) is 5.75 Å². The van der Waals surface area contributed by atoms with Crippen LogP contribution in [0.2, 0.25) is 10.0 Å². The third-order valence-corrected chi connectivity index (χ3v) is 6.64. The highest BCUT2D eigenvalue weighted by Gasteiger charge is 2.23. The van der Waals surface area contributed by atoms with Gasteiger partial charge in [0.25, 0.3) is 0 Å². The highest BCUT2D eigenvalue weighted by Crippen LogP contribution is 2.37. The molecule has 0 saturated carbocycles. The Labute approximate surface area is 210 Å². The van der Waals surface area contributed by atoms with Gasteiger partial charge >= 0.3 is 0 Å². The van der Waals surface area contributed by atoms with Crippen molar-refractivity contribution in [3.63, 3.8) is 0 Å². The molecule has 0 aliphatic carbocycles. The SMILES string of the molecule is CCN(CC)CCCOc1ccc(C(=O)c2c(-c3ccc(Cl)c(Cl)c3)oc3ccccc23)cc1. The van der Waals surface area contributed by atoms with E-state index in [2.05, 4.69) is 18.7 Å². The molecule has 0 unspecified atom stereocenters. The summed E-state index contributed by atoms with van der Waals surface area (Å²) in [5, 5.41) is 1.60. The number of halogens is 2. The number of rotatable bonds is 10. The number of hydrogen-bond acceptors (Lipinski definition) is 4.